The first-order valence-electron chi connectivity index (χ1n) is 6.46. The summed E-state index contributed by atoms with van der Waals surface area (Å²) >= 11 is 5.58. The number of aldehydes is 1. The lowest BCUT2D eigenvalue weighted by atomic mass is 10.0. The number of hydroxylamine groups is 2. The number of carbonyl (C=O) groups excluding carboxylic acids is 1. The van der Waals surface area contributed by atoms with E-state index in [1.807, 2.05) is 0 Å². The van der Waals surface area contributed by atoms with Crippen molar-refractivity contribution in [3.8, 4) is 0 Å². The average molecular weight is 337 g/mol. The highest BCUT2D eigenvalue weighted by Crippen LogP contribution is 2.32. The van der Waals surface area contributed by atoms with Crippen molar-refractivity contribution in [2.75, 3.05) is 6.54 Å². The maximum absolute atomic E-state index is 14.0. The fraction of sp³-hybridized carbons (Fsp3) is 0.357. The molecule has 8 heteroatoms. The largest absolute Gasteiger partial charge is 0.397 e. The van der Waals surface area contributed by atoms with Crippen molar-refractivity contribution in [2.45, 2.75) is 19.8 Å². The third kappa shape index (κ3) is 4.38. The Bertz CT molecular complexity index is 567. The third-order valence-electron chi connectivity index (χ3n) is 3.08. The molecule has 0 radical (unpaired) electrons. The van der Waals surface area contributed by atoms with E-state index in [0.717, 1.165) is 18.3 Å². The zero-order chi connectivity index (χ0) is 16.9. The second-order valence-electron chi connectivity index (χ2n) is 4.64. The number of nitrogens with two attached hydrogens (primary N) is 1. The number of rotatable bonds is 7. The Kier molecular flexibility index (Phi) is 6.70. The highest BCUT2D eigenvalue weighted by molar-refractivity contribution is 6.31. The van der Waals surface area contributed by atoms with E-state index < -0.39 is 35.0 Å². The number of halogens is 4. The Hall–Kier alpha value is -1.73. The van der Waals surface area contributed by atoms with Gasteiger partial charge >= 0.3 is 0 Å². The van der Waals surface area contributed by atoms with Gasteiger partial charge in [-0.15, -0.1) is 0 Å². The van der Waals surface area contributed by atoms with Crippen LogP contribution in [-0.4, -0.2) is 23.1 Å². The van der Waals surface area contributed by atoms with Crippen LogP contribution < -0.4 is 5.73 Å². The minimum Gasteiger partial charge on any atom is -0.397 e. The van der Waals surface area contributed by atoms with E-state index in [2.05, 4.69) is 0 Å². The molecule has 122 valence electrons. The lowest BCUT2D eigenvalue weighted by Gasteiger charge is -2.18. The maximum atomic E-state index is 14.0. The summed E-state index contributed by atoms with van der Waals surface area (Å²) in [6.45, 7) is 1.65. The number of carbonyl (C=O) groups is 1. The Labute approximate surface area is 130 Å². The normalized spacial score (nSPS) is 13.3. The molecule has 0 bridgehead atoms. The van der Waals surface area contributed by atoms with Crippen molar-refractivity contribution >= 4 is 23.6 Å². The van der Waals surface area contributed by atoms with E-state index in [9.17, 15) is 23.2 Å². The van der Waals surface area contributed by atoms with Gasteiger partial charge in [0.15, 0.2) is 5.82 Å². The van der Waals surface area contributed by atoms with Gasteiger partial charge in [0, 0.05) is 17.0 Å². The van der Waals surface area contributed by atoms with E-state index in [-0.39, 0.29) is 11.6 Å². The van der Waals surface area contributed by atoms with Gasteiger partial charge in [-0.25, -0.2) is 13.2 Å². The monoisotopic (exact) mass is 336 g/mol. The Morgan fingerprint density at radius 1 is 1.50 bits per heavy atom. The average Bonchev–Trinajstić information content (AvgIpc) is 2.46. The molecule has 0 fully saturated rings. The predicted molar refractivity (Wildman–Crippen MR) is 76.9 cm³/mol. The standard InChI is InChI=1S/C14H16ClF3N2O2/c1-2-8(7-21)5-20(22)6-11(19)12-9(14(17)18)3-4-10(15)13(12)16/h3-4,6-8,14,22H,2,5,19H2,1H3/b11-6-. The van der Waals surface area contributed by atoms with Gasteiger partial charge in [-0.1, -0.05) is 24.6 Å². The van der Waals surface area contributed by atoms with Gasteiger partial charge in [0.2, 0.25) is 0 Å². The second-order valence-corrected chi connectivity index (χ2v) is 5.04. The molecule has 0 aliphatic heterocycles. The smallest absolute Gasteiger partial charge is 0.264 e. The zero-order valence-corrected chi connectivity index (χ0v) is 12.5. The van der Waals surface area contributed by atoms with Crippen LogP contribution in [0.3, 0.4) is 0 Å². The van der Waals surface area contributed by atoms with Crippen molar-refractivity contribution in [3.05, 3.63) is 40.3 Å². The number of nitrogens with zero attached hydrogens (tertiary/aromatic N) is 1. The van der Waals surface area contributed by atoms with Gasteiger partial charge in [-0.3, -0.25) is 10.3 Å². The first kappa shape index (κ1) is 18.3. The van der Waals surface area contributed by atoms with Gasteiger partial charge in [-0.2, -0.15) is 0 Å². The summed E-state index contributed by atoms with van der Waals surface area (Å²) in [6.07, 6.45) is -0.952. The molecule has 0 saturated heterocycles. The lowest BCUT2D eigenvalue weighted by molar-refractivity contribution is -0.115. The van der Waals surface area contributed by atoms with Crippen LogP contribution in [0, 0.1) is 11.7 Å². The molecule has 22 heavy (non-hydrogen) atoms. The summed E-state index contributed by atoms with van der Waals surface area (Å²) in [5, 5.41) is 9.88. The summed E-state index contributed by atoms with van der Waals surface area (Å²) in [7, 11) is 0. The molecule has 1 rings (SSSR count). The van der Waals surface area contributed by atoms with Crippen molar-refractivity contribution < 1.29 is 23.2 Å². The minimum absolute atomic E-state index is 0.0904. The third-order valence-corrected chi connectivity index (χ3v) is 3.37. The second kappa shape index (κ2) is 8.05. The Balaban J connectivity index is 3.16. The van der Waals surface area contributed by atoms with E-state index in [1.54, 1.807) is 6.92 Å². The Morgan fingerprint density at radius 3 is 2.64 bits per heavy atom. The molecule has 0 amide bonds. The number of hydrogen-bond acceptors (Lipinski definition) is 4. The van der Waals surface area contributed by atoms with Crippen LogP contribution in [0.15, 0.2) is 18.3 Å². The van der Waals surface area contributed by atoms with E-state index in [4.69, 9.17) is 17.3 Å². The number of hydrogen-bond donors (Lipinski definition) is 2. The fourth-order valence-corrected chi connectivity index (χ4v) is 1.98. The zero-order valence-electron chi connectivity index (χ0n) is 11.8. The van der Waals surface area contributed by atoms with E-state index in [0.29, 0.717) is 17.8 Å². The van der Waals surface area contributed by atoms with Gasteiger partial charge in [0.05, 0.1) is 23.5 Å². The van der Waals surface area contributed by atoms with Gasteiger partial charge in [-0.05, 0) is 12.5 Å². The molecule has 1 aromatic carbocycles. The molecule has 0 aromatic heterocycles. The summed E-state index contributed by atoms with van der Waals surface area (Å²) in [5.74, 6) is -1.56. The molecule has 1 unspecified atom stereocenters. The molecule has 0 saturated carbocycles. The van der Waals surface area contributed by atoms with Crippen LogP contribution in [0.1, 0.15) is 30.9 Å². The minimum atomic E-state index is -2.96. The molecule has 1 atom stereocenters. The highest BCUT2D eigenvalue weighted by Gasteiger charge is 2.21. The van der Waals surface area contributed by atoms with E-state index >= 15 is 0 Å². The highest BCUT2D eigenvalue weighted by atomic mass is 35.5. The summed E-state index contributed by atoms with van der Waals surface area (Å²) < 4.78 is 39.9. The molecular weight excluding hydrogens is 321 g/mol. The fourth-order valence-electron chi connectivity index (χ4n) is 1.83. The quantitative estimate of drug-likeness (QED) is 0.590. The molecule has 1 aromatic rings. The van der Waals surface area contributed by atoms with Gasteiger partial charge in [0.1, 0.15) is 6.29 Å². The van der Waals surface area contributed by atoms with Crippen molar-refractivity contribution in [3.63, 3.8) is 0 Å². The summed E-state index contributed by atoms with van der Waals surface area (Å²) in [6, 6.07) is 1.97. The molecular formula is C14H16ClF3N2O2. The van der Waals surface area contributed by atoms with Crippen molar-refractivity contribution in [1.82, 2.24) is 5.06 Å². The number of alkyl halides is 2. The van der Waals surface area contributed by atoms with Crippen molar-refractivity contribution in [1.29, 1.82) is 0 Å². The SMILES string of the molecule is CCC(C=O)CN(O)/C=C(\N)c1c(C(F)F)ccc(Cl)c1F. The Morgan fingerprint density at radius 2 is 2.14 bits per heavy atom. The first-order valence-corrected chi connectivity index (χ1v) is 6.84. The van der Waals surface area contributed by atoms with Crippen LogP contribution >= 0.6 is 11.6 Å². The molecule has 4 nitrogen and oxygen atoms in total. The molecule has 3 N–H and O–H groups in total. The number of benzene rings is 1. The van der Waals surface area contributed by atoms with Gasteiger partial charge < -0.3 is 10.5 Å². The van der Waals surface area contributed by atoms with Gasteiger partial charge in [0.25, 0.3) is 6.43 Å². The molecule has 0 spiro atoms. The van der Waals surface area contributed by atoms with Crippen LogP contribution in [0.2, 0.25) is 5.02 Å². The molecule has 0 aliphatic rings. The van der Waals surface area contributed by atoms with Crippen LogP contribution in [-0.2, 0) is 4.79 Å². The first-order chi connectivity index (χ1) is 10.3. The molecule has 0 aliphatic carbocycles. The summed E-state index contributed by atoms with van der Waals surface area (Å²) in [4.78, 5) is 10.7. The predicted octanol–water partition coefficient (Wildman–Crippen LogP) is 3.59. The lowest BCUT2D eigenvalue weighted by Crippen LogP contribution is -2.23. The van der Waals surface area contributed by atoms with Crippen molar-refractivity contribution in [2.24, 2.45) is 11.7 Å². The van der Waals surface area contributed by atoms with E-state index in [1.165, 1.54) is 0 Å². The van der Waals surface area contributed by atoms with Crippen LogP contribution in [0.25, 0.3) is 5.70 Å². The maximum Gasteiger partial charge on any atom is 0.264 e. The van der Waals surface area contributed by atoms with Crippen LogP contribution in [0.4, 0.5) is 13.2 Å². The topological polar surface area (TPSA) is 66.6 Å². The summed E-state index contributed by atoms with van der Waals surface area (Å²) in [5.41, 5.74) is 3.98. The van der Waals surface area contributed by atoms with Crippen LogP contribution in [0.5, 0.6) is 0 Å². The molecule has 0 heterocycles.